The van der Waals surface area contributed by atoms with Crippen molar-refractivity contribution in [3.8, 4) is 17.5 Å². The maximum atomic E-state index is 8.89. The van der Waals surface area contributed by atoms with Crippen molar-refractivity contribution in [3.63, 3.8) is 0 Å². The van der Waals surface area contributed by atoms with E-state index in [1.54, 1.807) is 24.7 Å². The summed E-state index contributed by atoms with van der Waals surface area (Å²) in [6.45, 7) is 3.46. The first kappa shape index (κ1) is 15.0. The van der Waals surface area contributed by atoms with Crippen molar-refractivity contribution in [1.29, 1.82) is 5.26 Å². The Kier molecular flexibility index (Phi) is 3.71. The van der Waals surface area contributed by atoms with Crippen LogP contribution in [0.1, 0.15) is 18.4 Å². The van der Waals surface area contributed by atoms with Crippen LogP contribution in [0.25, 0.3) is 22.6 Å². The van der Waals surface area contributed by atoms with Crippen LogP contribution in [0.4, 0.5) is 0 Å². The van der Waals surface area contributed by atoms with E-state index in [1.807, 2.05) is 35.0 Å². The van der Waals surface area contributed by atoms with Gasteiger partial charge in [-0.1, -0.05) is 0 Å². The summed E-state index contributed by atoms with van der Waals surface area (Å²) in [4.78, 5) is 17.7. The topological polar surface area (TPSA) is 85.2 Å². The van der Waals surface area contributed by atoms with Crippen LogP contribution in [0, 0.1) is 11.3 Å². The maximum Gasteiger partial charge on any atom is 0.160 e. The lowest BCUT2D eigenvalue weighted by Crippen LogP contribution is -2.09. The zero-order valence-corrected chi connectivity index (χ0v) is 13.7. The highest BCUT2D eigenvalue weighted by atomic mass is 15.2. The van der Waals surface area contributed by atoms with E-state index < -0.39 is 0 Å². The van der Waals surface area contributed by atoms with Gasteiger partial charge in [0.05, 0.1) is 6.54 Å². The average molecular weight is 329 g/mol. The van der Waals surface area contributed by atoms with E-state index in [1.165, 1.54) is 0 Å². The van der Waals surface area contributed by atoms with Crippen molar-refractivity contribution in [3.05, 3.63) is 60.6 Å². The minimum atomic E-state index is 0.390. The van der Waals surface area contributed by atoms with E-state index in [-0.39, 0.29) is 0 Å². The molecule has 0 amide bonds. The van der Waals surface area contributed by atoms with E-state index in [0.29, 0.717) is 12.2 Å². The second kappa shape index (κ2) is 6.17. The van der Waals surface area contributed by atoms with Gasteiger partial charge < -0.3 is 9.13 Å². The minimum Gasteiger partial charge on any atom is -0.323 e. The van der Waals surface area contributed by atoms with E-state index in [9.17, 15) is 0 Å². The lowest BCUT2D eigenvalue weighted by atomic mass is 10.2. The van der Waals surface area contributed by atoms with E-state index in [4.69, 9.17) is 10.2 Å². The third-order valence-electron chi connectivity index (χ3n) is 4.06. The Morgan fingerprint density at radius 2 is 2.04 bits per heavy atom. The molecule has 0 saturated heterocycles. The van der Waals surface area contributed by atoms with Crippen LogP contribution >= 0.6 is 0 Å². The Morgan fingerprint density at radius 3 is 2.80 bits per heavy atom. The smallest absolute Gasteiger partial charge is 0.160 e. The standard InChI is InChI=1S/C18H15N7/c1-2-25-16(23-15-4-3-7-20-18(15)25)12-24-9-8-21-17(24)13-5-6-14(10-19)22-11-13/h3-9,11H,2,12H2,1H3. The molecule has 0 saturated carbocycles. The molecule has 122 valence electrons. The lowest BCUT2D eigenvalue weighted by Gasteiger charge is -2.09. The number of hydrogen-bond acceptors (Lipinski definition) is 5. The molecular formula is C18H15N7. The number of aromatic nitrogens is 6. The van der Waals surface area contributed by atoms with Gasteiger partial charge in [0.25, 0.3) is 0 Å². The zero-order valence-electron chi connectivity index (χ0n) is 13.7. The van der Waals surface area contributed by atoms with Gasteiger partial charge in [-0.15, -0.1) is 0 Å². The normalized spacial score (nSPS) is 10.9. The molecule has 0 aliphatic heterocycles. The largest absolute Gasteiger partial charge is 0.323 e. The summed E-state index contributed by atoms with van der Waals surface area (Å²) >= 11 is 0. The van der Waals surface area contributed by atoms with Crippen molar-refractivity contribution >= 4 is 11.2 Å². The van der Waals surface area contributed by atoms with Crippen LogP contribution in [0.3, 0.4) is 0 Å². The zero-order chi connectivity index (χ0) is 17.2. The van der Waals surface area contributed by atoms with Crippen LogP contribution in [0.5, 0.6) is 0 Å². The molecule has 4 heterocycles. The summed E-state index contributed by atoms with van der Waals surface area (Å²) in [5, 5.41) is 8.89. The molecule has 7 nitrogen and oxygen atoms in total. The first-order valence-corrected chi connectivity index (χ1v) is 7.98. The van der Waals surface area contributed by atoms with Gasteiger partial charge in [0.1, 0.15) is 28.9 Å². The molecule has 25 heavy (non-hydrogen) atoms. The Labute approximate surface area is 144 Å². The fourth-order valence-electron chi connectivity index (χ4n) is 2.90. The molecule has 0 aliphatic carbocycles. The van der Waals surface area contributed by atoms with Gasteiger partial charge in [0.2, 0.25) is 0 Å². The third-order valence-corrected chi connectivity index (χ3v) is 4.06. The molecule has 4 aromatic heterocycles. The Morgan fingerprint density at radius 1 is 1.12 bits per heavy atom. The Bertz CT molecular complexity index is 1070. The third kappa shape index (κ3) is 2.64. The number of nitriles is 1. The highest BCUT2D eigenvalue weighted by Gasteiger charge is 2.13. The van der Waals surface area contributed by atoms with Gasteiger partial charge in [-0.25, -0.2) is 19.9 Å². The first-order chi connectivity index (χ1) is 12.3. The highest BCUT2D eigenvalue weighted by Crippen LogP contribution is 2.20. The maximum absolute atomic E-state index is 8.89. The second-order valence-electron chi connectivity index (χ2n) is 5.54. The molecule has 4 rings (SSSR count). The quantitative estimate of drug-likeness (QED) is 0.574. The molecule has 0 aliphatic rings. The molecule has 7 heteroatoms. The lowest BCUT2D eigenvalue weighted by molar-refractivity contribution is 0.663. The first-order valence-electron chi connectivity index (χ1n) is 7.98. The Balaban J connectivity index is 1.73. The van der Waals surface area contributed by atoms with Crippen LogP contribution in [0.2, 0.25) is 0 Å². The van der Waals surface area contributed by atoms with Crippen molar-refractivity contribution in [1.82, 2.24) is 29.1 Å². The monoisotopic (exact) mass is 329 g/mol. The summed E-state index contributed by atoms with van der Waals surface area (Å²) in [5.74, 6) is 1.72. The molecule has 0 atom stereocenters. The van der Waals surface area contributed by atoms with Crippen LogP contribution < -0.4 is 0 Å². The molecular weight excluding hydrogens is 314 g/mol. The van der Waals surface area contributed by atoms with Gasteiger partial charge in [-0.3, -0.25) is 0 Å². The molecule has 0 aromatic carbocycles. The number of hydrogen-bond donors (Lipinski definition) is 0. The van der Waals surface area contributed by atoms with Crippen molar-refractivity contribution < 1.29 is 0 Å². The van der Waals surface area contributed by atoms with Crippen molar-refractivity contribution in [2.75, 3.05) is 0 Å². The second-order valence-corrected chi connectivity index (χ2v) is 5.54. The number of fused-ring (bicyclic) bond motifs is 1. The van der Waals surface area contributed by atoms with Crippen LogP contribution in [-0.2, 0) is 13.1 Å². The number of pyridine rings is 2. The number of rotatable bonds is 4. The predicted octanol–water partition coefficient (Wildman–Crippen LogP) is 2.63. The summed E-state index contributed by atoms with van der Waals surface area (Å²) in [5.41, 5.74) is 3.03. The molecule has 0 spiro atoms. The van der Waals surface area contributed by atoms with E-state index in [2.05, 4.69) is 26.4 Å². The van der Waals surface area contributed by atoms with Crippen LogP contribution in [-0.4, -0.2) is 29.1 Å². The van der Waals surface area contributed by atoms with Gasteiger partial charge in [0.15, 0.2) is 5.65 Å². The SMILES string of the molecule is CCn1c(Cn2ccnc2-c2ccc(C#N)nc2)nc2cccnc21. The highest BCUT2D eigenvalue weighted by molar-refractivity contribution is 5.71. The van der Waals surface area contributed by atoms with E-state index in [0.717, 1.165) is 34.9 Å². The van der Waals surface area contributed by atoms with Gasteiger partial charge in [-0.2, -0.15) is 5.26 Å². The number of imidazole rings is 2. The van der Waals surface area contributed by atoms with Gasteiger partial charge in [-0.05, 0) is 31.2 Å². The van der Waals surface area contributed by atoms with Crippen molar-refractivity contribution in [2.45, 2.75) is 20.0 Å². The predicted molar refractivity (Wildman–Crippen MR) is 92.5 cm³/mol. The van der Waals surface area contributed by atoms with Crippen LogP contribution in [0.15, 0.2) is 49.1 Å². The van der Waals surface area contributed by atoms with Gasteiger partial charge >= 0.3 is 0 Å². The molecule has 0 N–H and O–H groups in total. The summed E-state index contributed by atoms with van der Waals surface area (Å²) in [6.07, 6.45) is 7.12. The molecule has 4 aromatic rings. The fourth-order valence-corrected chi connectivity index (χ4v) is 2.90. The van der Waals surface area contributed by atoms with Crippen molar-refractivity contribution in [2.24, 2.45) is 0 Å². The Hall–Kier alpha value is -3.53. The summed E-state index contributed by atoms with van der Waals surface area (Å²) < 4.78 is 4.13. The summed E-state index contributed by atoms with van der Waals surface area (Å²) in [6, 6.07) is 9.44. The van der Waals surface area contributed by atoms with Gasteiger partial charge in [0, 0.05) is 36.9 Å². The summed E-state index contributed by atoms with van der Waals surface area (Å²) in [7, 11) is 0. The fraction of sp³-hybridized carbons (Fsp3) is 0.167. The molecule has 0 radical (unpaired) electrons. The molecule has 0 bridgehead atoms. The average Bonchev–Trinajstić information content (AvgIpc) is 3.26. The molecule has 0 fully saturated rings. The molecule has 0 unspecified atom stereocenters. The minimum absolute atomic E-state index is 0.390. The number of nitrogens with zero attached hydrogens (tertiary/aromatic N) is 7. The van der Waals surface area contributed by atoms with E-state index >= 15 is 0 Å². The number of aryl methyl sites for hydroxylation is 1.